The molecule has 0 aliphatic carbocycles. The van der Waals surface area contributed by atoms with Gasteiger partial charge in [0.25, 0.3) is 5.91 Å². The number of hydrogen-bond donors (Lipinski definition) is 1. The van der Waals surface area contributed by atoms with Gasteiger partial charge in [-0.15, -0.1) is 0 Å². The maximum Gasteiger partial charge on any atom is 0.291 e. The van der Waals surface area contributed by atoms with Gasteiger partial charge in [0.15, 0.2) is 5.76 Å². The molecule has 2 heterocycles. The number of anilines is 1. The smallest absolute Gasteiger partial charge is 0.291 e. The number of halogens is 1. The molecule has 1 N–H and O–H groups in total. The summed E-state index contributed by atoms with van der Waals surface area (Å²) in [5.74, 6) is -0.229. The van der Waals surface area contributed by atoms with E-state index < -0.39 is 15.9 Å². The van der Waals surface area contributed by atoms with Crippen LogP contribution in [0.1, 0.15) is 21.7 Å². The molecule has 3 aromatic rings. The number of hydrogen-bond acceptors (Lipinski definition) is 5. The fourth-order valence-corrected chi connectivity index (χ4v) is 5.22. The van der Waals surface area contributed by atoms with E-state index in [0.29, 0.717) is 37.6 Å². The largest absolute Gasteiger partial charge is 0.451 e. The molecule has 1 aliphatic heterocycles. The zero-order valence-electron chi connectivity index (χ0n) is 16.6. The number of aryl methyl sites for hydroxylation is 2. The van der Waals surface area contributed by atoms with Gasteiger partial charge in [0.1, 0.15) is 5.58 Å². The Balaban J connectivity index is 1.64. The molecule has 1 saturated heterocycles. The third kappa shape index (κ3) is 3.90. The second-order valence-corrected chi connectivity index (χ2v) is 10.00. The maximum absolute atomic E-state index is 12.9. The van der Waals surface area contributed by atoms with Crippen LogP contribution in [0.3, 0.4) is 0 Å². The van der Waals surface area contributed by atoms with Crippen LogP contribution in [0.2, 0.25) is 0 Å². The number of carbonyl (C=O) groups is 1. The van der Waals surface area contributed by atoms with Gasteiger partial charge in [0, 0.05) is 34.2 Å². The van der Waals surface area contributed by atoms with Crippen molar-refractivity contribution >= 4 is 48.5 Å². The first-order chi connectivity index (χ1) is 14.3. The highest BCUT2D eigenvalue weighted by atomic mass is 79.9. The zero-order valence-corrected chi connectivity index (χ0v) is 19.0. The quantitative estimate of drug-likeness (QED) is 0.592. The highest BCUT2D eigenvalue weighted by Gasteiger charge is 2.27. The van der Waals surface area contributed by atoms with E-state index >= 15 is 0 Å². The summed E-state index contributed by atoms with van der Waals surface area (Å²) in [7, 11) is -3.66. The molecule has 0 radical (unpaired) electrons. The lowest BCUT2D eigenvalue weighted by atomic mass is 10.1. The molecule has 30 heavy (non-hydrogen) atoms. The summed E-state index contributed by atoms with van der Waals surface area (Å²) in [6.45, 7) is 4.99. The van der Waals surface area contributed by atoms with Crippen LogP contribution < -0.4 is 5.32 Å². The van der Waals surface area contributed by atoms with Crippen molar-refractivity contribution in [2.45, 2.75) is 18.7 Å². The summed E-state index contributed by atoms with van der Waals surface area (Å²) >= 11 is 3.42. The molecule has 0 unspecified atom stereocenters. The minimum atomic E-state index is -3.66. The first kappa shape index (κ1) is 21.0. The van der Waals surface area contributed by atoms with Crippen LogP contribution in [0, 0.1) is 13.8 Å². The first-order valence-electron chi connectivity index (χ1n) is 9.46. The standard InChI is InChI=1S/C21H21BrN2O5S/c1-13-3-5-16(30(26,27)24-7-9-28-10-8-24)12-18(13)23-21(25)20-14(2)17-11-15(22)4-6-19(17)29-20/h3-6,11-12H,7-10H2,1-2H3,(H,23,25). The van der Waals surface area contributed by atoms with Crippen molar-refractivity contribution in [3.05, 3.63) is 57.8 Å². The van der Waals surface area contributed by atoms with Gasteiger partial charge in [0.05, 0.1) is 18.1 Å². The number of rotatable bonds is 4. The highest BCUT2D eigenvalue weighted by Crippen LogP contribution is 2.29. The Labute approximate surface area is 183 Å². The number of fused-ring (bicyclic) bond motifs is 1. The van der Waals surface area contributed by atoms with Gasteiger partial charge in [-0.3, -0.25) is 4.79 Å². The van der Waals surface area contributed by atoms with Crippen LogP contribution in [-0.2, 0) is 14.8 Å². The van der Waals surface area contributed by atoms with Gasteiger partial charge in [-0.2, -0.15) is 4.31 Å². The van der Waals surface area contributed by atoms with Crippen LogP contribution in [0.5, 0.6) is 0 Å². The summed E-state index contributed by atoms with van der Waals surface area (Å²) in [6, 6.07) is 10.3. The molecule has 9 heteroatoms. The van der Waals surface area contributed by atoms with Crippen LogP contribution >= 0.6 is 15.9 Å². The van der Waals surface area contributed by atoms with Crippen molar-refractivity contribution in [2.24, 2.45) is 0 Å². The number of nitrogens with zero attached hydrogens (tertiary/aromatic N) is 1. The number of amides is 1. The van der Waals surface area contributed by atoms with Crippen molar-refractivity contribution in [2.75, 3.05) is 31.6 Å². The molecule has 0 saturated carbocycles. The predicted molar refractivity (Wildman–Crippen MR) is 117 cm³/mol. The van der Waals surface area contributed by atoms with Crippen LogP contribution in [0.4, 0.5) is 5.69 Å². The average molecular weight is 493 g/mol. The Hall–Kier alpha value is -2.20. The van der Waals surface area contributed by atoms with Crippen molar-refractivity contribution < 1.29 is 22.4 Å². The summed E-state index contributed by atoms with van der Waals surface area (Å²) in [5, 5.41) is 3.65. The Bertz CT molecular complexity index is 1230. The van der Waals surface area contributed by atoms with E-state index in [1.165, 1.54) is 10.4 Å². The third-order valence-electron chi connectivity index (χ3n) is 5.17. The normalized spacial score (nSPS) is 15.4. The minimum Gasteiger partial charge on any atom is -0.451 e. The van der Waals surface area contributed by atoms with E-state index in [1.54, 1.807) is 18.2 Å². The summed E-state index contributed by atoms with van der Waals surface area (Å²) in [5.41, 5.74) is 2.51. The Kier molecular flexibility index (Phi) is 5.71. The maximum atomic E-state index is 12.9. The Morgan fingerprint density at radius 2 is 1.83 bits per heavy atom. The number of sulfonamides is 1. The number of ether oxygens (including phenoxy) is 1. The van der Waals surface area contributed by atoms with E-state index in [-0.39, 0.29) is 10.7 Å². The molecule has 158 valence electrons. The molecule has 7 nitrogen and oxygen atoms in total. The topological polar surface area (TPSA) is 88.9 Å². The fraction of sp³-hybridized carbons (Fsp3) is 0.286. The molecule has 4 rings (SSSR count). The number of nitrogens with one attached hydrogen (secondary N) is 1. The third-order valence-corrected chi connectivity index (χ3v) is 7.56. The summed E-state index contributed by atoms with van der Waals surface area (Å²) in [6.07, 6.45) is 0. The van der Waals surface area contributed by atoms with Crippen molar-refractivity contribution in [3.63, 3.8) is 0 Å². The van der Waals surface area contributed by atoms with Crippen molar-refractivity contribution in [1.82, 2.24) is 4.31 Å². The van der Waals surface area contributed by atoms with E-state index in [0.717, 1.165) is 21.0 Å². The lowest BCUT2D eigenvalue weighted by Gasteiger charge is -2.26. The molecule has 1 amide bonds. The Morgan fingerprint density at radius 1 is 1.10 bits per heavy atom. The van der Waals surface area contributed by atoms with Gasteiger partial charge in [-0.1, -0.05) is 22.0 Å². The van der Waals surface area contributed by atoms with Gasteiger partial charge in [-0.25, -0.2) is 8.42 Å². The molecular formula is C21H21BrN2O5S. The van der Waals surface area contributed by atoms with Crippen LogP contribution in [0.25, 0.3) is 11.0 Å². The molecule has 0 spiro atoms. The van der Waals surface area contributed by atoms with E-state index in [1.807, 2.05) is 26.0 Å². The molecule has 1 aliphatic rings. The van der Waals surface area contributed by atoms with Crippen molar-refractivity contribution in [1.29, 1.82) is 0 Å². The average Bonchev–Trinajstić information content (AvgIpc) is 3.06. The van der Waals surface area contributed by atoms with Gasteiger partial charge in [-0.05, 0) is 49.7 Å². The second-order valence-electron chi connectivity index (χ2n) is 7.14. The van der Waals surface area contributed by atoms with Crippen LogP contribution in [-0.4, -0.2) is 44.9 Å². The molecule has 1 fully saturated rings. The fourth-order valence-electron chi connectivity index (χ4n) is 3.42. The van der Waals surface area contributed by atoms with E-state index in [2.05, 4.69) is 21.2 Å². The second kappa shape index (κ2) is 8.14. The van der Waals surface area contributed by atoms with Gasteiger partial charge >= 0.3 is 0 Å². The van der Waals surface area contributed by atoms with Gasteiger partial charge < -0.3 is 14.5 Å². The number of benzene rings is 2. The lowest BCUT2D eigenvalue weighted by molar-refractivity contribution is 0.0730. The predicted octanol–water partition coefficient (Wildman–Crippen LogP) is 4.09. The van der Waals surface area contributed by atoms with Crippen molar-refractivity contribution in [3.8, 4) is 0 Å². The molecule has 2 aromatic carbocycles. The Morgan fingerprint density at radius 3 is 2.57 bits per heavy atom. The minimum absolute atomic E-state index is 0.135. The van der Waals surface area contributed by atoms with E-state index in [4.69, 9.17) is 9.15 Å². The SMILES string of the molecule is Cc1ccc(S(=O)(=O)N2CCOCC2)cc1NC(=O)c1oc2ccc(Br)cc2c1C. The summed E-state index contributed by atoms with van der Waals surface area (Å²) in [4.78, 5) is 13.0. The molecule has 0 bridgehead atoms. The first-order valence-corrected chi connectivity index (χ1v) is 11.7. The molecular weight excluding hydrogens is 472 g/mol. The van der Waals surface area contributed by atoms with E-state index in [9.17, 15) is 13.2 Å². The van der Waals surface area contributed by atoms with Crippen LogP contribution in [0.15, 0.2) is 50.2 Å². The number of morpholine rings is 1. The highest BCUT2D eigenvalue weighted by molar-refractivity contribution is 9.10. The molecule has 1 aromatic heterocycles. The lowest BCUT2D eigenvalue weighted by Crippen LogP contribution is -2.40. The summed E-state index contributed by atoms with van der Waals surface area (Å²) < 4.78 is 39.2. The molecule has 0 atom stereocenters. The monoisotopic (exact) mass is 492 g/mol. The van der Waals surface area contributed by atoms with Gasteiger partial charge in [0.2, 0.25) is 10.0 Å². The number of carbonyl (C=O) groups excluding carboxylic acids is 1. The number of furan rings is 1. The zero-order chi connectivity index (χ0) is 21.5.